The van der Waals surface area contributed by atoms with Crippen molar-refractivity contribution in [3.05, 3.63) is 34.0 Å². The summed E-state index contributed by atoms with van der Waals surface area (Å²) >= 11 is 1.52. The van der Waals surface area contributed by atoms with Crippen LogP contribution < -0.4 is 0 Å². The molecule has 1 heterocycles. The van der Waals surface area contributed by atoms with Crippen molar-refractivity contribution in [2.45, 2.75) is 25.2 Å². The molecule has 1 saturated carbocycles. The van der Waals surface area contributed by atoms with E-state index in [0.717, 1.165) is 29.7 Å². The average molecular weight is 306 g/mol. The summed E-state index contributed by atoms with van der Waals surface area (Å²) in [5.74, 6) is -1.07. The van der Waals surface area contributed by atoms with E-state index in [0.29, 0.717) is 0 Å². The molecule has 2 aliphatic carbocycles. The Kier molecular flexibility index (Phi) is 3.57. The summed E-state index contributed by atoms with van der Waals surface area (Å²) in [5, 5.41) is 39.3. The first-order chi connectivity index (χ1) is 10.7. The van der Waals surface area contributed by atoms with Crippen molar-refractivity contribution in [3.63, 3.8) is 0 Å². The second kappa shape index (κ2) is 5.41. The number of nitrogens with zero attached hydrogens (tertiary/aromatic N) is 3. The maximum Gasteiger partial charge on any atom is 0.190 e. The lowest BCUT2D eigenvalue weighted by Gasteiger charge is -2.45. The zero-order valence-corrected chi connectivity index (χ0v) is 12.7. The van der Waals surface area contributed by atoms with Crippen molar-refractivity contribution in [3.8, 4) is 18.2 Å². The van der Waals surface area contributed by atoms with Crippen LogP contribution in [0.5, 0.6) is 0 Å². The van der Waals surface area contributed by atoms with E-state index in [9.17, 15) is 15.8 Å². The highest BCUT2D eigenvalue weighted by Gasteiger charge is 2.57. The van der Waals surface area contributed by atoms with E-state index >= 15 is 0 Å². The van der Waals surface area contributed by atoms with Crippen LogP contribution in [0, 0.1) is 56.7 Å². The molecule has 1 aromatic rings. The fraction of sp³-hybridized carbons (Fsp3) is 0.412. The monoisotopic (exact) mass is 306 g/mol. The van der Waals surface area contributed by atoms with Crippen molar-refractivity contribution >= 4 is 17.0 Å². The van der Waals surface area contributed by atoms with Gasteiger partial charge in [0.05, 0.1) is 23.9 Å². The van der Waals surface area contributed by atoms with Gasteiger partial charge in [0.1, 0.15) is 5.92 Å². The van der Waals surface area contributed by atoms with Crippen molar-refractivity contribution in [2.75, 3.05) is 0 Å². The second-order valence-corrected chi connectivity index (χ2v) is 6.72. The highest BCUT2D eigenvalue weighted by atomic mass is 32.1. The number of thiophene rings is 1. The summed E-state index contributed by atoms with van der Waals surface area (Å²) in [6.07, 6.45) is 4.82. The van der Waals surface area contributed by atoms with Gasteiger partial charge in [-0.1, -0.05) is 12.1 Å². The quantitative estimate of drug-likeness (QED) is 0.800. The predicted octanol–water partition coefficient (Wildman–Crippen LogP) is 3.76. The Morgan fingerprint density at radius 3 is 2.64 bits per heavy atom. The van der Waals surface area contributed by atoms with Gasteiger partial charge in [-0.3, -0.25) is 0 Å². The molecule has 22 heavy (non-hydrogen) atoms. The van der Waals surface area contributed by atoms with E-state index < -0.39 is 11.3 Å². The fourth-order valence-corrected chi connectivity index (χ4v) is 4.74. The number of nitriles is 3. The van der Waals surface area contributed by atoms with Crippen LogP contribution in [0.4, 0.5) is 0 Å². The number of nitrogens with one attached hydrogen (secondary N) is 1. The third-order valence-corrected chi connectivity index (χ3v) is 5.73. The minimum atomic E-state index is -1.54. The van der Waals surface area contributed by atoms with Crippen molar-refractivity contribution in [2.24, 2.45) is 17.3 Å². The van der Waals surface area contributed by atoms with E-state index in [1.54, 1.807) is 0 Å². The number of allylic oxidation sites excluding steroid dienone is 2. The summed E-state index contributed by atoms with van der Waals surface area (Å²) < 4.78 is 0. The summed E-state index contributed by atoms with van der Waals surface area (Å²) in [5.41, 5.74) is -0.647. The molecule has 108 valence electrons. The van der Waals surface area contributed by atoms with E-state index in [4.69, 9.17) is 5.41 Å². The molecule has 1 aromatic heterocycles. The Labute approximate surface area is 133 Å². The number of rotatable bonds is 1. The Morgan fingerprint density at radius 2 is 2.05 bits per heavy atom. The van der Waals surface area contributed by atoms with Crippen molar-refractivity contribution in [1.29, 1.82) is 21.2 Å². The normalized spacial score (nSPS) is 29.4. The first kappa shape index (κ1) is 14.5. The Balaban J connectivity index is 2.25. The van der Waals surface area contributed by atoms with E-state index in [1.165, 1.54) is 11.3 Å². The first-order valence-corrected chi connectivity index (χ1v) is 8.12. The Bertz CT molecular complexity index is 740. The van der Waals surface area contributed by atoms with Gasteiger partial charge < -0.3 is 5.41 Å². The molecule has 2 aliphatic rings. The minimum Gasteiger partial charge on any atom is -0.305 e. The predicted molar refractivity (Wildman–Crippen MR) is 83.0 cm³/mol. The molecule has 0 spiro atoms. The van der Waals surface area contributed by atoms with Gasteiger partial charge in [-0.2, -0.15) is 15.8 Å². The zero-order valence-electron chi connectivity index (χ0n) is 11.9. The Hall–Kier alpha value is -2.42. The highest BCUT2D eigenvalue weighted by molar-refractivity contribution is 7.10. The second-order valence-electron chi connectivity index (χ2n) is 5.74. The highest BCUT2D eigenvalue weighted by Crippen LogP contribution is 2.55. The van der Waals surface area contributed by atoms with Gasteiger partial charge in [0.15, 0.2) is 5.41 Å². The zero-order chi connectivity index (χ0) is 15.7. The average Bonchev–Trinajstić information content (AvgIpc) is 3.08. The van der Waals surface area contributed by atoms with E-state index in [2.05, 4.69) is 24.3 Å². The minimum absolute atomic E-state index is 0.00505. The van der Waals surface area contributed by atoms with Gasteiger partial charge >= 0.3 is 0 Å². The van der Waals surface area contributed by atoms with E-state index in [-0.39, 0.29) is 17.5 Å². The standard InChI is InChI=1S/C17H14N4S/c18-8-13-11-4-1-2-5-12(11)15(14-6-3-7-22-14)17(9-19,10-20)16(13)21/h3-4,6-7,12-13,15,21H,1-2,5H2/t12-,13-,15+/m0/s1. The lowest BCUT2D eigenvalue weighted by molar-refractivity contribution is 0.324. The smallest absolute Gasteiger partial charge is 0.190 e. The summed E-state index contributed by atoms with van der Waals surface area (Å²) in [6, 6.07) is 10.2. The molecular formula is C17H14N4S. The molecule has 5 heteroatoms. The van der Waals surface area contributed by atoms with Crippen molar-refractivity contribution in [1.82, 2.24) is 0 Å². The molecule has 1 fully saturated rings. The summed E-state index contributed by atoms with van der Waals surface area (Å²) in [7, 11) is 0. The molecule has 3 rings (SSSR count). The topological polar surface area (TPSA) is 95.2 Å². The molecule has 1 N–H and O–H groups in total. The largest absolute Gasteiger partial charge is 0.305 e. The van der Waals surface area contributed by atoms with Crippen LogP contribution in [0.3, 0.4) is 0 Å². The summed E-state index contributed by atoms with van der Waals surface area (Å²) in [4.78, 5) is 0.960. The lowest BCUT2D eigenvalue weighted by atomic mass is 9.54. The van der Waals surface area contributed by atoms with Gasteiger partial charge in [-0.05, 0) is 42.2 Å². The van der Waals surface area contributed by atoms with Crippen LogP contribution in [-0.2, 0) is 0 Å². The number of hydrogen-bond donors (Lipinski definition) is 1. The van der Waals surface area contributed by atoms with Gasteiger partial charge in [0.25, 0.3) is 0 Å². The van der Waals surface area contributed by atoms with Crippen LogP contribution in [0.25, 0.3) is 0 Å². The Morgan fingerprint density at radius 1 is 1.27 bits per heavy atom. The first-order valence-electron chi connectivity index (χ1n) is 7.24. The number of hydrogen-bond acceptors (Lipinski definition) is 5. The molecule has 0 unspecified atom stereocenters. The van der Waals surface area contributed by atoms with Crippen molar-refractivity contribution < 1.29 is 0 Å². The van der Waals surface area contributed by atoms with Gasteiger partial charge in [-0.25, -0.2) is 0 Å². The third-order valence-electron chi connectivity index (χ3n) is 4.77. The van der Waals surface area contributed by atoms with Crippen LogP contribution in [0.15, 0.2) is 29.2 Å². The molecule has 0 radical (unpaired) electrons. The molecule has 4 nitrogen and oxygen atoms in total. The molecular weight excluding hydrogens is 292 g/mol. The van der Waals surface area contributed by atoms with Crippen LogP contribution in [-0.4, -0.2) is 5.71 Å². The van der Waals surface area contributed by atoms with Gasteiger partial charge in [0.2, 0.25) is 0 Å². The fourth-order valence-electron chi connectivity index (χ4n) is 3.78. The lowest BCUT2D eigenvalue weighted by Crippen LogP contribution is -2.48. The van der Waals surface area contributed by atoms with Crippen LogP contribution in [0.2, 0.25) is 0 Å². The summed E-state index contributed by atoms with van der Waals surface area (Å²) in [6.45, 7) is 0. The van der Waals surface area contributed by atoms with Gasteiger partial charge in [-0.15, -0.1) is 11.3 Å². The maximum absolute atomic E-state index is 9.75. The molecule has 0 bridgehead atoms. The van der Waals surface area contributed by atoms with E-state index in [1.807, 2.05) is 17.5 Å². The molecule has 0 amide bonds. The third kappa shape index (κ3) is 1.82. The maximum atomic E-state index is 9.75. The number of fused-ring (bicyclic) bond motifs is 1. The molecule has 0 aromatic carbocycles. The van der Waals surface area contributed by atoms with Crippen LogP contribution >= 0.6 is 11.3 Å². The molecule has 0 saturated heterocycles. The van der Waals surface area contributed by atoms with Gasteiger partial charge in [0, 0.05) is 10.8 Å². The molecule has 0 aliphatic heterocycles. The van der Waals surface area contributed by atoms with Crippen LogP contribution in [0.1, 0.15) is 30.1 Å². The molecule has 3 atom stereocenters. The SMILES string of the molecule is N#C[C@@H]1C(=N)C(C#N)(C#N)[C@@H](c2cccs2)[C@H]2CCCC=C12.